The molecule has 0 radical (unpaired) electrons. The van der Waals surface area contributed by atoms with Crippen LogP contribution in [0.15, 0.2) is 29.9 Å². The minimum Gasteiger partial charge on any atom is -0.271 e. The Balaban J connectivity index is 2.22. The average molecular weight is 268 g/mol. The molecule has 0 aliphatic heterocycles. The fourth-order valence-electron chi connectivity index (χ4n) is 1.78. The third-order valence-electron chi connectivity index (χ3n) is 2.56. The van der Waals surface area contributed by atoms with E-state index in [-0.39, 0.29) is 6.04 Å². The molecule has 1 heterocycles. The Morgan fingerprint density at radius 1 is 1.47 bits per heavy atom. The third kappa shape index (κ3) is 3.26. The van der Waals surface area contributed by atoms with E-state index in [1.54, 1.807) is 11.3 Å². The second-order valence-corrected chi connectivity index (χ2v) is 5.36. The van der Waals surface area contributed by atoms with Gasteiger partial charge in [-0.05, 0) is 30.2 Å². The first-order chi connectivity index (χ1) is 8.19. The van der Waals surface area contributed by atoms with Crippen molar-refractivity contribution in [2.75, 3.05) is 0 Å². The molecule has 2 aromatic rings. The predicted molar refractivity (Wildman–Crippen MR) is 72.1 cm³/mol. The number of hydrogen-bond donors (Lipinski definition) is 2. The molecule has 0 bridgehead atoms. The highest BCUT2D eigenvalue weighted by molar-refractivity contribution is 7.09. The second-order valence-electron chi connectivity index (χ2n) is 3.95. The fraction of sp³-hybridized carbons (Fsp3) is 0.250. The predicted octanol–water partition coefficient (Wildman–Crippen LogP) is 2.85. The van der Waals surface area contributed by atoms with Gasteiger partial charge in [0, 0.05) is 22.5 Å². The Morgan fingerprint density at radius 2 is 2.29 bits per heavy atom. The van der Waals surface area contributed by atoms with Crippen LogP contribution in [0.3, 0.4) is 0 Å². The summed E-state index contributed by atoms with van der Waals surface area (Å²) in [6, 6.07) is 6.04. The Bertz CT molecular complexity index is 464. The number of nitrogens with one attached hydrogen (secondary N) is 1. The number of aryl methyl sites for hydroxylation is 1. The number of hydrogen-bond acceptors (Lipinski definition) is 4. The number of nitrogens with two attached hydrogens (primary N) is 1. The molecular formula is C12H14ClN3S. The van der Waals surface area contributed by atoms with Crippen molar-refractivity contribution in [3.05, 3.63) is 50.9 Å². The van der Waals surface area contributed by atoms with Crippen LogP contribution in [-0.2, 0) is 6.42 Å². The van der Waals surface area contributed by atoms with E-state index >= 15 is 0 Å². The summed E-state index contributed by atoms with van der Waals surface area (Å²) < 4.78 is 0. The van der Waals surface area contributed by atoms with Gasteiger partial charge in [0.2, 0.25) is 0 Å². The summed E-state index contributed by atoms with van der Waals surface area (Å²) in [5.74, 6) is 5.61. The van der Waals surface area contributed by atoms with Gasteiger partial charge in [-0.2, -0.15) is 0 Å². The first kappa shape index (κ1) is 12.5. The van der Waals surface area contributed by atoms with E-state index in [9.17, 15) is 0 Å². The minimum absolute atomic E-state index is 0.0628. The molecule has 1 aromatic heterocycles. The zero-order valence-electron chi connectivity index (χ0n) is 9.48. The Morgan fingerprint density at radius 3 is 2.88 bits per heavy atom. The molecule has 5 heteroatoms. The van der Waals surface area contributed by atoms with E-state index in [1.807, 2.05) is 30.8 Å². The summed E-state index contributed by atoms with van der Waals surface area (Å²) in [5.41, 5.74) is 6.90. The van der Waals surface area contributed by atoms with E-state index in [1.165, 1.54) is 4.88 Å². The Hall–Kier alpha value is -0.940. The first-order valence-corrected chi connectivity index (χ1v) is 6.55. The van der Waals surface area contributed by atoms with Gasteiger partial charge in [0.1, 0.15) is 0 Å². The van der Waals surface area contributed by atoms with Crippen LogP contribution in [0.5, 0.6) is 0 Å². The van der Waals surface area contributed by atoms with E-state index in [4.69, 9.17) is 17.4 Å². The van der Waals surface area contributed by atoms with Crippen LogP contribution in [0.2, 0.25) is 5.02 Å². The molecule has 90 valence electrons. The normalized spacial score (nSPS) is 12.6. The average Bonchev–Trinajstić information content (AvgIpc) is 2.77. The fourth-order valence-corrected chi connectivity index (χ4v) is 2.72. The summed E-state index contributed by atoms with van der Waals surface area (Å²) in [5, 5.41) is 0.740. The van der Waals surface area contributed by atoms with Gasteiger partial charge in [-0.15, -0.1) is 11.3 Å². The van der Waals surface area contributed by atoms with Crippen molar-refractivity contribution in [2.45, 2.75) is 19.4 Å². The quantitative estimate of drug-likeness (QED) is 0.662. The summed E-state index contributed by atoms with van der Waals surface area (Å²) in [6.07, 6.45) is 2.69. The zero-order chi connectivity index (χ0) is 12.3. The molecule has 0 fully saturated rings. The van der Waals surface area contributed by atoms with Crippen molar-refractivity contribution in [1.29, 1.82) is 0 Å². The smallest absolute Gasteiger partial charge is 0.0794 e. The van der Waals surface area contributed by atoms with Gasteiger partial charge in [-0.1, -0.05) is 17.7 Å². The standard InChI is InChI=1S/C12H14ClN3S/c1-8-2-9(4-10(13)3-8)12(16-14)5-11-6-15-7-17-11/h2-4,6-7,12,16H,5,14H2,1H3. The minimum atomic E-state index is 0.0628. The zero-order valence-corrected chi connectivity index (χ0v) is 11.1. The highest BCUT2D eigenvalue weighted by Crippen LogP contribution is 2.23. The lowest BCUT2D eigenvalue weighted by molar-refractivity contribution is 0.555. The molecular weight excluding hydrogens is 254 g/mol. The molecule has 0 aliphatic rings. The summed E-state index contributed by atoms with van der Waals surface area (Å²) in [4.78, 5) is 5.26. The van der Waals surface area contributed by atoms with E-state index in [0.29, 0.717) is 0 Å². The van der Waals surface area contributed by atoms with Crippen LogP contribution in [0, 0.1) is 6.92 Å². The number of benzene rings is 1. The molecule has 17 heavy (non-hydrogen) atoms. The third-order valence-corrected chi connectivity index (χ3v) is 3.58. The van der Waals surface area contributed by atoms with Crippen molar-refractivity contribution in [1.82, 2.24) is 10.4 Å². The monoisotopic (exact) mass is 267 g/mol. The molecule has 0 amide bonds. The molecule has 1 aromatic carbocycles. The molecule has 0 saturated carbocycles. The van der Waals surface area contributed by atoms with Gasteiger partial charge >= 0.3 is 0 Å². The molecule has 0 aliphatic carbocycles. The van der Waals surface area contributed by atoms with Gasteiger partial charge in [-0.25, -0.2) is 0 Å². The van der Waals surface area contributed by atoms with Crippen molar-refractivity contribution >= 4 is 22.9 Å². The van der Waals surface area contributed by atoms with E-state index < -0.39 is 0 Å². The Kier molecular flexibility index (Phi) is 4.12. The van der Waals surface area contributed by atoms with Crippen LogP contribution in [0.25, 0.3) is 0 Å². The number of halogens is 1. The topological polar surface area (TPSA) is 50.9 Å². The first-order valence-electron chi connectivity index (χ1n) is 5.29. The number of rotatable bonds is 4. The van der Waals surface area contributed by atoms with Crippen LogP contribution in [0.1, 0.15) is 22.0 Å². The molecule has 0 saturated heterocycles. The van der Waals surface area contributed by atoms with Crippen molar-refractivity contribution in [3.63, 3.8) is 0 Å². The van der Waals surface area contributed by atoms with Crippen molar-refractivity contribution < 1.29 is 0 Å². The largest absolute Gasteiger partial charge is 0.271 e. The summed E-state index contributed by atoms with van der Waals surface area (Å²) in [6.45, 7) is 2.02. The van der Waals surface area contributed by atoms with Gasteiger partial charge in [0.15, 0.2) is 0 Å². The number of hydrazine groups is 1. The van der Waals surface area contributed by atoms with Crippen molar-refractivity contribution in [3.8, 4) is 0 Å². The van der Waals surface area contributed by atoms with E-state index in [2.05, 4.69) is 16.5 Å². The summed E-state index contributed by atoms with van der Waals surface area (Å²) in [7, 11) is 0. The number of aromatic nitrogens is 1. The van der Waals surface area contributed by atoms with Gasteiger partial charge < -0.3 is 0 Å². The highest BCUT2D eigenvalue weighted by Gasteiger charge is 2.12. The SMILES string of the molecule is Cc1cc(Cl)cc(C(Cc2cncs2)NN)c1. The lowest BCUT2D eigenvalue weighted by Gasteiger charge is -2.16. The van der Waals surface area contributed by atoms with Gasteiger partial charge in [0.05, 0.1) is 11.6 Å². The second kappa shape index (κ2) is 5.60. The lowest BCUT2D eigenvalue weighted by Crippen LogP contribution is -2.29. The van der Waals surface area contributed by atoms with Gasteiger partial charge in [0.25, 0.3) is 0 Å². The maximum atomic E-state index is 6.05. The Labute approximate surface area is 110 Å². The number of nitrogens with zero attached hydrogens (tertiary/aromatic N) is 1. The van der Waals surface area contributed by atoms with Crippen molar-refractivity contribution in [2.24, 2.45) is 5.84 Å². The molecule has 3 nitrogen and oxygen atoms in total. The highest BCUT2D eigenvalue weighted by atomic mass is 35.5. The van der Waals surface area contributed by atoms with Gasteiger partial charge in [-0.3, -0.25) is 16.3 Å². The molecule has 1 atom stereocenters. The lowest BCUT2D eigenvalue weighted by atomic mass is 10.0. The molecule has 3 N–H and O–H groups in total. The summed E-state index contributed by atoms with van der Waals surface area (Å²) >= 11 is 7.68. The maximum Gasteiger partial charge on any atom is 0.0794 e. The van der Waals surface area contributed by atoms with Crippen LogP contribution < -0.4 is 11.3 Å². The molecule has 0 spiro atoms. The maximum absolute atomic E-state index is 6.05. The molecule has 2 rings (SSSR count). The molecule has 1 unspecified atom stereocenters. The number of thiazole rings is 1. The van der Waals surface area contributed by atoms with Crippen LogP contribution >= 0.6 is 22.9 Å². The van der Waals surface area contributed by atoms with Crippen LogP contribution in [-0.4, -0.2) is 4.98 Å². The van der Waals surface area contributed by atoms with Crippen LogP contribution in [0.4, 0.5) is 0 Å². The van der Waals surface area contributed by atoms with E-state index in [0.717, 1.165) is 22.6 Å².